The lowest BCUT2D eigenvalue weighted by atomic mass is 9.94. The molecule has 0 aromatic heterocycles. The second-order valence-electron chi connectivity index (χ2n) is 5.08. The number of hydrogen-bond acceptors (Lipinski definition) is 2. The van der Waals surface area contributed by atoms with Crippen molar-refractivity contribution in [1.29, 1.82) is 0 Å². The van der Waals surface area contributed by atoms with Crippen LogP contribution in [0.5, 0.6) is 0 Å². The van der Waals surface area contributed by atoms with Gasteiger partial charge in [-0.15, -0.1) is 0 Å². The number of benzene rings is 1. The number of allylic oxidation sites excluding steroid dienone is 1. The molecule has 0 aliphatic carbocycles. The van der Waals surface area contributed by atoms with Crippen molar-refractivity contribution in [3.63, 3.8) is 0 Å². The first-order valence-corrected chi connectivity index (χ1v) is 8.32. The van der Waals surface area contributed by atoms with E-state index < -0.39 is 0 Å². The molecule has 0 N–H and O–H groups in total. The van der Waals surface area contributed by atoms with Crippen molar-refractivity contribution in [3.05, 3.63) is 47.0 Å². The molecule has 0 atom stereocenters. The highest BCUT2D eigenvalue weighted by Gasteiger charge is 2.15. The van der Waals surface area contributed by atoms with Gasteiger partial charge in [0.25, 0.3) is 0 Å². The Hall–Kier alpha value is -1.02. The summed E-state index contributed by atoms with van der Waals surface area (Å²) in [6.45, 7) is 2.20. The molecule has 1 fully saturated rings. The van der Waals surface area contributed by atoms with Crippen LogP contribution in [-0.4, -0.2) is 17.3 Å². The van der Waals surface area contributed by atoms with Crippen molar-refractivity contribution in [2.45, 2.75) is 39.0 Å². The molecule has 102 valence electrons. The van der Waals surface area contributed by atoms with Gasteiger partial charge in [-0.05, 0) is 25.0 Å². The Balaban J connectivity index is 2.10. The summed E-state index contributed by atoms with van der Waals surface area (Å²) < 4.78 is 0. The molecule has 1 aromatic carbocycles. The lowest BCUT2D eigenvalue weighted by molar-refractivity contribution is 0.0991. The summed E-state index contributed by atoms with van der Waals surface area (Å²) in [5.41, 5.74) is 3.80. The van der Waals surface area contributed by atoms with E-state index in [1.54, 1.807) is 5.57 Å². The van der Waals surface area contributed by atoms with Gasteiger partial charge in [0, 0.05) is 17.7 Å². The topological polar surface area (TPSA) is 17.1 Å². The van der Waals surface area contributed by atoms with Gasteiger partial charge in [0.1, 0.15) is 0 Å². The van der Waals surface area contributed by atoms with Crippen LogP contribution < -0.4 is 0 Å². The van der Waals surface area contributed by atoms with Crippen LogP contribution in [0.1, 0.15) is 49.4 Å². The Morgan fingerprint density at radius 2 is 2.05 bits per heavy atom. The maximum Gasteiger partial charge on any atom is 0.166 e. The van der Waals surface area contributed by atoms with Crippen LogP contribution in [0.4, 0.5) is 0 Å². The Labute approximate surface area is 120 Å². The van der Waals surface area contributed by atoms with Crippen molar-refractivity contribution < 1.29 is 4.79 Å². The summed E-state index contributed by atoms with van der Waals surface area (Å²) in [6.07, 6.45) is 5.30. The first-order chi connectivity index (χ1) is 9.31. The fourth-order valence-electron chi connectivity index (χ4n) is 2.55. The van der Waals surface area contributed by atoms with Gasteiger partial charge >= 0.3 is 0 Å². The molecule has 1 aromatic rings. The van der Waals surface area contributed by atoms with Crippen LogP contribution in [0.25, 0.3) is 0 Å². The van der Waals surface area contributed by atoms with Crippen molar-refractivity contribution in [2.24, 2.45) is 0 Å². The molecule has 0 amide bonds. The average Bonchev–Trinajstić information content (AvgIpc) is 2.48. The van der Waals surface area contributed by atoms with Gasteiger partial charge in [0.2, 0.25) is 0 Å². The second-order valence-corrected chi connectivity index (χ2v) is 6.18. The summed E-state index contributed by atoms with van der Waals surface area (Å²) >= 11 is 2.01. The van der Waals surface area contributed by atoms with E-state index in [9.17, 15) is 4.79 Å². The fourth-order valence-corrected chi connectivity index (χ4v) is 3.63. The van der Waals surface area contributed by atoms with Crippen LogP contribution in [-0.2, 0) is 0 Å². The summed E-state index contributed by atoms with van der Waals surface area (Å²) in [4.78, 5) is 12.3. The molecule has 1 heterocycles. The highest BCUT2D eigenvalue weighted by atomic mass is 32.2. The molecular weight excluding hydrogens is 252 g/mol. The predicted octanol–water partition coefficient (Wildman–Crippen LogP) is 4.88. The fraction of sp³-hybridized carbons (Fsp3) is 0.471. The Bertz CT molecular complexity index is 440. The van der Waals surface area contributed by atoms with Crippen LogP contribution >= 0.6 is 11.8 Å². The van der Waals surface area contributed by atoms with E-state index in [1.165, 1.54) is 24.2 Å². The van der Waals surface area contributed by atoms with Gasteiger partial charge in [-0.2, -0.15) is 11.8 Å². The molecule has 1 saturated heterocycles. The lowest BCUT2D eigenvalue weighted by Gasteiger charge is -2.19. The minimum atomic E-state index is 0.270. The molecule has 1 aliphatic rings. The van der Waals surface area contributed by atoms with E-state index in [-0.39, 0.29) is 5.78 Å². The summed E-state index contributed by atoms with van der Waals surface area (Å²) in [7, 11) is 0. The number of thioether (sulfide) groups is 1. The van der Waals surface area contributed by atoms with E-state index in [0.29, 0.717) is 6.42 Å². The van der Waals surface area contributed by atoms with E-state index in [1.807, 2.05) is 42.1 Å². The summed E-state index contributed by atoms with van der Waals surface area (Å²) in [6, 6.07) is 9.69. The third-order valence-corrected chi connectivity index (χ3v) is 4.69. The van der Waals surface area contributed by atoms with E-state index >= 15 is 0 Å². The number of carbonyl (C=O) groups is 1. The highest BCUT2D eigenvalue weighted by molar-refractivity contribution is 7.99. The predicted molar refractivity (Wildman–Crippen MR) is 83.9 cm³/mol. The van der Waals surface area contributed by atoms with Gasteiger partial charge in [-0.25, -0.2) is 0 Å². The monoisotopic (exact) mass is 274 g/mol. The number of ketones is 1. The van der Waals surface area contributed by atoms with Gasteiger partial charge < -0.3 is 0 Å². The van der Waals surface area contributed by atoms with Crippen molar-refractivity contribution in [3.8, 4) is 0 Å². The zero-order valence-electron chi connectivity index (χ0n) is 11.7. The first kappa shape index (κ1) is 14.4. The number of rotatable bonds is 5. The third-order valence-electron chi connectivity index (χ3n) is 3.57. The molecule has 2 heteroatoms. The Morgan fingerprint density at radius 3 is 2.68 bits per heavy atom. The maximum atomic E-state index is 12.3. The largest absolute Gasteiger partial charge is 0.294 e. The van der Waals surface area contributed by atoms with Crippen molar-refractivity contribution in [2.75, 3.05) is 11.5 Å². The van der Waals surface area contributed by atoms with Crippen LogP contribution in [0.15, 0.2) is 41.5 Å². The van der Waals surface area contributed by atoms with Crippen LogP contribution in [0.3, 0.4) is 0 Å². The molecular formula is C17H22OS. The van der Waals surface area contributed by atoms with Gasteiger partial charge in [-0.1, -0.05) is 54.8 Å². The third kappa shape index (κ3) is 4.24. The first-order valence-electron chi connectivity index (χ1n) is 7.17. The van der Waals surface area contributed by atoms with Gasteiger partial charge in [0.15, 0.2) is 5.78 Å². The molecule has 0 saturated carbocycles. The van der Waals surface area contributed by atoms with E-state index in [4.69, 9.17) is 0 Å². The summed E-state index contributed by atoms with van der Waals surface area (Å²) in [5.74, 6) is 2.68. The Morgan fingerprint density at radius 1 is 1.26 bits per heavy atom. The number of carbonyl (C=O) groups excluding carboxylic acids is 1. The van der Waals surface area contributed by atoms with Crippen LogP contribution in [0.2, 0.25) is 0 Å². The highest BCUT2D eigenvalue weighted by Crippen LogP contribution is 2.28. The quantitative estimate of drug-likeness (QED) is 0.562. The summed E-state index contributed by atoms with van der Waals surface area (Å²) in [5, 5.41) is 0. The number of hydrogen-bond donors (Lipinski definition) is 0. The molecule has 0 radical (unpaired) electrons. The van der Waals surface area contributed by atoms with E-state index in [0.717, 1.165) is 24.2 Å². The Kier molecular flexibility index (Phi) is 5.71. The van der Waals surface area contributed by atoms with Crippen LogP contribution in [0, 0.1) is 0 Å². The molecule has 1 aliphatic heterocycles. The standard InChI is InChI=1S/C17H22OS/c1-2-7-15(16-10-6-11-19-13-16)12-17(18)14-8-4-3-5-9-14/h3-5,8-9H,2,6-7,10-13H2,1H3/b16-15+. The molecule has 0 bridgehead atoms. The molecule has 2 rings (SSSR count). The lowest BCUT2D eigenvalue weighted by Crippen LogP contribution is -2.07. The molecule has 19 heavy (non-hydrogen) atoms. The average molecular weight is 274 g/mol. The minimum Gasteiger partial charge on any atom is -0.294 e. The number of Topliss-reactive ketones (excluding diaryl/α,β-unsaturated/α-hetero) is 1. The SMILES string of the molecule is CCC/C(CC(=O)c1ccccc1)=C1/CCCSC1. The minimum absolute atomic E-state index is 0.270. The smallest absolute Gasteiger partial charge is 0.166 e. The van der Waals surface area contributed by atoms with Crippen molar-refractivity contribution in [1.82, 2.24) is 0 Å². The molecule has 0 unspecified atom stereocenters. The maximum absolute atomic E-state index is 12.3. The van der Waals surface area contributed by atoms with E-state index in [2.05, 4.69) is 6.92 Å². The molecule has 1 nitrogen and oxygen atoms in total. The van der Waals surface area contributed by atoms with Gasteiger partial charge in [0.05, 0.1) is 0 Å². The zero-order chi connectivity index (χ0) is 13.5. The normalized spacial score (nSPS) is 18.2. The van der Waals surface area contributed by atoms with Gasteiger partial charge in [-0.3, -0.25) is 4.79 Å². The molecule has 0 spiro atoms. The zero-order valence-corrected chi connectivity index (χ0v) is 12.5. The second kappa shape index (κ2) is 7.54. The van der Waals surface area contributed by atoms with Crippen molar-refractivity contribution >= 4 is 17.5 Å².